The van der Waals surface area contributed by atoms with Gasteiger partial charge in [0.15, 0.2) is 0 Å². The summed E-state index contributed by atoms with van der Waals surface area (Å²) in [7, 11) is 0. The van der Waals surface area contributed by atoms with Gasteiger partial charge in [0, 0.05) is 28.1 Å². The zero-order chi connectivity index (χ0) is 12.7. The molecule has 0 aliphatic rings. The lowest BCUT2D eigenvalue weighted by Crippen LogP contribution is -2.21. The van der Waals surface area contributed by atoms with E-state index in [2.05, 4.69) is 18.2 Å². The molecule has 0 saturated carbocycles. The molecule has 0 fully saturated rings. The molecule has 0 amide bonds. The predicted molar refractivity (Wildman–Crippen MR) is 75.6 cm³/mol. The van der Waals surface area contributed by atoms with E-state index in [0.717, 1.165) is 31.4 Å². The second-order valence-corrected chi connectivity index (χ2v) is 4.66. The van der Waals surface area contributed by atoms with E-state index in [1.165, 1.54) is 0 Å². The van der Waals surface area contributed by atoms with Crippen molar-refractivity contribution in [2.75, 3.05) is 6.54 Å². The number of terminal acetylenes is 1. The molecule has 1 unspecified atom stereocenters. The Kier molecular flexibility index (Phi) is 6.44. The van der Waals surface area contributed by atoms with Gasteiger partial charge in [0.2, 0.25) is 0 Å². The third-order valence-electron chi connectivity index (χ3n) is 2.61. The summed E-state index contributed by atoms with van der Waals surface area (Å²) in [5.41, 5.74) is 0.981. The van der Waals surface area contributed by atoms with Crippen molar-refractivity contribution in [3.05, 3.63) is 33.8 Å². The van der Waals surface area contributed by atoms with Crippen molar-refractivity contribution in [3.63, 3.8) is 0 Å². The first kappa shape index (κ1) is 14.4. The maximum Gasteiger partial charge on any atom is 0.0468 e. The first-order chi connectivity index (χ1) is 8.20. The molecule has 0 heterocycles. The van der Waals surface area contributed by atoms with E-state index in [4.69, 9.17) is 29.6 Å². The van der Waals surface area contributed by atoms with E-state index in [9.17, 15) is 0 Å². The third-order valence-corrected chi connectivity index (χ3v) is 3.27. The lowest BCUT2D eigenvalue weighted by molar-refractivity contribution is 0.502. The van der Waals surface area contributed by atoms with Crippen LogP contribution in [0.1, 0.15) is 37.8 Å². The SMILES string of the molecule is C#CCCCC(NCC)c1c(Cl)cccc1Cl. The number of unbranched alkanes of at least 4 members (excludes halogenated alkanes) is 1. The highest BCUT2D eigenvalue weighted by Crippen LogP contribution is 2.32. The van der Waals surface area contributed by atoms with Crippen molar-refractivity contribution in [2.24, 2.45) is 0 Å². The third kappa shape index (κ3) is 4.24. The predicted octanol–water partition coefficient (Wildman–Crippen LogP) is 4.45. The summed E-state index contributed by atoms with van der Waals surface area (Å²) in [5.74, 6) is 2.65. The Morgan fingerprint density at radius 3 is 2.53 bits per heavy atom. The van der Waals surface area contributed by atoms with E-state index >= 15 is 0 Å². The van der Waals surface area contributed by atoms with E-state index in [1.54, 1.807) is 0 Å². The highest BCUT2D eigenvalue weighted by molar-refractivity contribution is 6.36. The molecule has 1 atom stereocenters. The van der Waals surface area contributed by atoms with Crippen LogP contribution in [0.25, 0.3) is 0 Å². The summed E-state index contributed by atoms with van der Waals surface area (Å²) < 4.78 is 0. The smallest absolute Gasteiger partial charge is 0.0468 e. The van der Waals surface area contributed by atoms with Crippen LogP contribution in [-0.4, -0.2) is 6.54 Å². The molecule has 0 bridgehead atoms. The molecule has 1 aromatic rings. The van der Waals surface area contributed by atoms with Gasteiger partial charge >= 0.3 is 0 Å². The minimum atomic E-state index is 0.176. The van der Waals surface area contributed by atoms with Crippen LogP contribution < -0.4 is 5.32 Å². The van der Waals surface area contributed by atoms with Crippen LogP contribution in [0.15, 0.2) is 18.2 Å². The molecule has 0 radical (unpaired) electrons. The summed E-state index contributed by atoms with van der Waals surface area (Å²) in [6.45, 7) is 2.95. The van der Waals surface area contributed by atoms with Gasteiger partial charge in [0.25, 0.3) is 0 Å². The molecule has 0 aliphatic heterocycles. The van der Waals surface area contributed by atoms with Gasteiger partial charge in [-0.2, -0.15) is 0 Å². The van der Waals surface area contributed by atoms with Gasteiger partial charge in [-0.25, -0.2) is 0 Å². The second-order valence-electron chi connectivity index (χ2n) is 3.84. The maximum absolute atomic E-state index is 6.21. The van der Waals surface area contributed by atoms with Crippen molar-refractivity contribution in [2.45, 2.75) is 32.2 Å². The Bertz CT molecular complexity index is 375. The molecule has 0 aromatic heterocycles. The number of nitrogens with one attached hydrogen (secondary N) is 1. The Balaban J connectivity index is 2.85. The Morgan fingerprint density at radius 2 is 2.00 bits per heavy atom. The molecule has 1 N–H and O–H groups in total. The molecular weight excluding hydrogens is 253 g/mol. The van der Waals surface area contributed by atoms with Crippen molar-refractivity contribution in [3.8, 4) is 12.3 Å². The number of hydrogen-bond donors (Lipinski definition) is 1. The van der Waals surface area contributed by atoms with Gasteiger partial charge < -0.3 is 5.32 Å². The number of rotatable bonds is 6. The average Bonchev–Trinajstić information content (AvgIpc) is 2.29. The Morgan fingerprint density at radius 1 is 1.35 bits per heavy atom. The summed E-state index contributed by atoms with van der Waals surface area (Å²) in [6, 6.07) is 5.77. The average molecular weight is 270 g/mol. The van der Waals surface area contributed by atoms with Gasteiger partial charge in [-0.15, -0.1) is 12.3 Å². The molecule has 17 heavy (non-hydrogen) atoms. The second kappa shape index (κ2) is 7.61. The van der Waals surface area contributed by atoms with Gasteiger partial charge in [0.1, 0.15) is 0 Å². The van der Waals surface area contributed by atoms with Gasteiger partial charge in [-0.1, -0.05) is 36.2 Å². The fraction of sp³-hybridized carbons (Fsp3) is 0.429. The summed E-state index contributed by atoms with van der Waals surface area (Å²) in [4.78, 5) is 0. The van der Waals surface area contributed by atoms with Crippen molar-refractivity contribution < 1.29 is 0 Å². The summed E-state index contributed by atoms with van der Waals surface area (Å²) in [6.07, 6.45) is 7.96. The largest absolute Gasteiger partial charge is 0.310 e. The lowest BCUT2D eigenvalue weighted by Gasteiger charge is -2.20. The van der Waals surface area contributed by atoms with E-state index < -0.39 is 0 Å². The van der Waals surface area contributed by atoms with Crippen LogP contribution in [0.5, 0.6) is 0 Å². The summed E-state index contributed by atoms with van der Waals surface area (Å²) >= 11 is 12.4. The summed E-state index contributed by atoms with van der Waals surface area (Å²) in [5, 5.41) is 4.83. The topological polar surface area (TPSA) is 12.0 Å². The highest BCUT2D eigenvalue weighted by atomic mass is 35.5. The van der Waals surface area contributed by atoms with E-state index in [0.29, 0.717) is 10.0 Å². The van der Waals surface area contributed by atoms with Crippen molar-refractivity contribution in [1.29, 1.82) is 0 Å². The highest BCUT2D eigenvalue weighted by Gasteiger charge is 2.16. The first-order valence-electron chi connectivity index (χ1n) is 5.81. The minimum Gasteiger partial charge on any atom is -0.310 e. The molecule has 0 saturated heterocycles. The molecule has 1 rings (SSSR count). The molecule has 3 heteroatoms. The van der Waals surface area contributed by atoms with Crippen LogP contribution in [0.4, 0.5) is 0 Å². The normalized spacial score (nSPS) is 12.1. The zero-order valence-corrected chi connectivity index (χ0v) is 11.5. The monoisotopic (exact) mass is 269 g/mol. The lowest BCUT2D eigenvalue weighted by atomic mass is 10.0. The maximum atomic E-state index is 6.21. The number of benzene rings is 1. The van der Waals surface area contributed by atoms with Gasteiger partial charge in [0.05, 0.1) is 0 Å². The fourth-order valence-corrected chi connectivity index (χ4v) is 2.51. The quantitative estimate of drug-likeness (QED) is 0.595. The van der Waals surface area contributed by atoms with Crippen molar-refractivity contribution >= 4 is 23.2 Å². The molecular formula is C14H17Cl2N. The first-order valence-corrected chi connectivity index (χ1v) is 6.57. The number of halogens is 2. The van der Waals surface area contributed by atoms with E-state index in [1.807, 2.05) is 18.2 Å². The number of hydrogen-bond acceptors (Lipinski definition) is 1. The molecule has 1 aromatic carbocycles. The fourth-order valence-electron chi connectivity index (χ4n) is 1.85. The van der Waals surface area contributed by atoms with Crippen LogP contribution >= 0.6 is 23.2 Å². The Labute approximate surface area is 114 Å². The van der Waals surface area contributed by atoms with Crippen molar-refractivity contribution in [1.82, 2.24) is 5.32 Å². The minimum absolute atomic E-state index is 0.176. The molecule has 92 valence electrons. The van der Waals surface area contributed by atoms with Crippen LogP contribution in [0, 0.1) is 12.3 Å². The van der Waals surface area contributed by atoms with Crippen LogP contribution in [0.2, 0.25) is 10.0 Å². The molecule has 1 nitrogen and oxygen atoms in total. The molecule has 0 spiro atoms. The standard InChI is InChI=1S/C14H17Cl2N/c1-3-5-6-10-13(17-4-2)14-11(15)8-7-9-12(14)16/h1,7-9,13,17H,4-6,10H2,2H3. The Hall–Kier alpha value is -0.680. The van der Waals surface area contributed by atoms with Crippen LogP contribution in [-0.2, 0) is 0 Å². The van der Waals surface area contributed by atoms with E-state index in [-0.39, 0.29) is 6.04 Å². The zero-order valence-electron chi connectivity index (χ0n) is 9.97. The van der Waals surface area contributed by atoms with Gasteiger partial charge in [-0.05, 0) is 31.5 Å². The van der Waals surface area contributed by atoms with Gasteiger partial charge in [-0.3, -0.25) is 0 Å². The van der Waals surface area contributed by atoms with Crippen LogP contribution in [0.3, 0.4) is 0 Å². The molecule has 0 aliphatic carbocycles.